The number of hydrogen-bond donors (Lipinski definition) is 4. The van der Waals surface area contributed by atoms with Gasteiger partial charge in [-0.05, 0) is 66.9 Å². The summed E-state index contributed by atoms with van der Waals surface area (Å²) < 4.78 is 0. The van der Waals surface area contributed by atoms with Crippen LogP contribution in [-0.2, 0) is 17.9 Å². The molecule has 4 N–H and O–H groups in total. The molecule has 1 aliphatic carbocycles. The third-order valence-corrected chi connectivity index (χ3v) is 8.86. The number of aliphatic hydroxyl groups excluding tert-OH is 1. The molecule has 2 aliphatic rings. The van der Waals surface area contributed by atoms with Crippen molar-refractivity contribution in [2.45, 2.75) is 69.6 Å². The molecule has 1 saturated heterocycles. The Bertz CT molecular complexity index is 1260. The maximum Gasteiger partial charge on any atom is 0.318 e. The van der Waals surface area contributed by atoms with Crippen LogP contribution in [0.15, 0.2) is 84.9 Å². The molecule has 222 valence electrons. The summed E-state index contributed by atoms with van der Waals surface area (Å²) in [6, 6.07) is 28.0. The van der Waals surface area contributed by atoms with E-state index in [-0.39, 0.29) is 36.4 Å². The van der Waals surface area contributed by atoms with Gasteiger partial charge in [0.25, 0.3) is 0 Å². The van der Waals surface area contributed by atoms with Gasteiger partial charge in [-0.15, -0.1) is 0 Å². The number of aliphatic hydroxyl groups is 1. The van der Waals surface area contributed by atoms with Crippen molar-refractivity contribution < 1.29 is 14.7 Å². The number of urea groups is 1. The topological polar surface area (TPSA) is 93.7 Å². The summed E-state index contributed by atoms with van der Waals surface area (Å²) in [6.07, 6.45) is 5.82. The molecule has 3 atom stereocenters. The van der Waals surface area contributed by atoms with Gasteiger partial charge in [-0.3, -0.25) is 4.79 Å². The van der Waals surface area contributed by atoms with E-state index in [4.69, 9.17) is 0 Å². The lowest BCUT2D eigenvalue weighted by Crippen LogP contribution is -2.49. The molecule has 0 bridgehead atoms. The zero-order chi connectivity index (χ0) is 29.1. The van der Waals surface area contributed by atoms with Crippen molar-refractivity contribution in [2.24, 2.45) is 5.92 Å². The number of hydrogen-bond acceptors (Lipinski definition) is 4. The highest BCUT2D eigenvalue weighted by Gasteiger charge is 2.33. The fourth-order valence-corrected chi connectivity index (χ4v) is 6.47. The average Bonchev–Trinajstić information content (AvgIpc) is 3.06. The zero-order valence-electron chi connectivity index (χ0n) is 24.4. The van der Waals surface area contributed by atoms with Crippen LogP contribution in [0.3, 0.4) is 0 Å². The quantitative estimate of drug-likeness (QED) is 0.268. The van der Waals surface area contributed by atoms with Crippen molar-refractivity contribution in [3.8, 4) is 0 Å². The predicted molar refractivity (Wildman–Crippen MR) is 166 cm³/mol. The molecule has 3 unspecified atom stereocenters. The molecule has 5 rings (SSSR count). The summed E-state index contributed by atoms with van der Waals surface area (Å²) in [5.74, 6) is 0.0221. The number of piperidine rings is 1. The molecule has 7 heteroatoms. The van der Waals surface area contributed by atoms with Crippen LogP contribution >= 0.6 is 0 Å². The molecule has 0 aromatic heterocycles. The van der Waals surface area contributed by atoms with Crippen LogP contribution < -0.4 is 16.0 Å². The molecule has 1 heterocycles. The molecule has 1 aliphatic heterocycles. The molecule has 3 amide bonds. The Labute approximate surface area is 249 Å². The van der Waals surface area contributed by atoms with E-state index < -0.39 is 6.04 Å². The van der Waals surface area contributed by atoms with E-state index in [1.165, 1.54) is 5.56 Å². The zero-order valence-corrected chi connectivity index (χ0v) is 24.4. The first-order chi connectivity index (χ1) is 20.6. The van der Waals surface area contributed by atoms with E-state index in [1.807, 2.05) is 65.6 Å². The first-order valence-electron chi connectivity index (χ1n) is 15.5. The van der Waals surface area contributed by atoms with Gasteiger partial charge in [0.15, 0.2) is 0 Å². The van der Waals surface area contributed by atoms with E-state index >= 15 is 0 Å². The van der Waals surface area contributed by atoms with Gasteiger partial charge in [0.2, 0.25) is 5.91 Å². The Morgan fingerprint density at radius 3 is 2.19 bits per heavy atom. The lowest BCUT2D eigenvalue weighted by Gasteiger charge is -2.35. The smallest absolute Gasteiger partial charge is 0.318 e. The molecule has 7 nitrogen and oxygen atoms in total. The lowest BCUT2D eigenvalue weighted by molar-refractivity contribution is -0.127. The maximum atomic E-state index is 13.5. The molecule has 0 spiro atoms. The van der Waals surface area contributed by atoms with Gasteiger partial charge in [0.05, 0.1) is 12.6 Å². The van der Waals surface area contributed by atoms with Crippen molar-refractivity contribution in [1.29, 1.82) is 0 Å². The Kier molecular flexibility index (Phi) is 10.6. The van der Waals surface area contributed by atoms with E-state index in [9.17, 15) is 14.7 Å². The fourth-order valence-electron chi connectivity index (χ4n) is 6.47. The van der Waals surface area contributed by atoms with Crippen LogP contribution in [0.25, 0.3) is 0 Å². The van der Waals surface area contributed by atoms with Crippen LogP contribution in [0, 0.1) is 5.92 Å². The summed E-state index contributed by atoms with van der Waals surface area (Å²) in [6.45, 7) is 2.76. The fraction of sp³-hybridized carbons (Fsp3) is 0.429. The second kappa shape index (κ2) is 15.0. The number of carbonyl (C=O) groups excluding carboxylic acids is 2. The Morgan fingerprint density at radius 2 is 1.50 bits per heavy atom. The normalized spacial score (nSPS) is 19.9. The standard InChI is InChI=1S/C35H44N4O3/c40-25-33(29-11-5-2-6-12-29)38-34(41)32-14-8-7-13-31(32)28-17-15-27(16-18-28)24-39(30-19-21-36-22-20-30)35(42)37-23-26-9-3-1-4-10-26/h1-6,9-12,15-18,30-33,36,40H,7-8,13-14,19-25H2,(H,37,42)(H,38,41). The van der Waals surface area contributed by atoms with Crippen molar-refractivity contribution in [3.05, 3.63) is 107 Å². The molecule has 3 aromatic carbocycles. The summed E-state index contributed by atoms with van der Waals surface area (Å²) >= 11 is 0. The van der Waals surface area contributed by atoms with Gasteiger partial charge in [0.1, 0.15) is 0 Å². The van der Waals surface area contributed by atoms with E-state index in [2.05, 4.69) is 40.2 Å². The van der Waals surface area contributed by atoms with Crippen LogP contribution in [0.5, 0.6) is 0 Å². The van der Waals surface area contributed by atoms with Gasteiger partial charge < -0.3 is 26.0 Å². The second-order valence-electron chi connectivity index (χ2n) is 11.6. The van der Waals surface area contributed by atoms with Gasteiger partial charge >= 0.3 is 6.03 Å². The third kappa shape index (κ3) is 7.78. The molecular formula is C35H44N4O3. The second-order valence-corrected chi connectivity index (χ2v) is 11.6. The first-order valence-corrected chi connectivity index (χ1v) is 15.5. The summed E-state index contributed by atoms with van der Waals surface area (Å²) in [5.41, 5.74) is 4.26. The largest absolute Gasteiger partial charge is 0.394 e. The van der Waals surface area contributed by atoms with E-state index in [0.717, 1.165) is 68.3 Å². The molecule has 2 fully saturated rings. The van der Waals surface area contributed by atoms with Crippen LogP contribution in [0.4, 0.5) is 4.79 Å². The minimum absolute atomic E-state index is 0.0128. The van der Waals surface area contributed by atoms with E-state index in [0.29, 0.717) is 13.1 Å². The summed E-state index contributed by atoms with van der Waals surface area (Å²) in [5, 5.41) is 19.6. The third-order valence-electron chi connectivity index (χ3n) is 8.86. The van der Waals surface area contributed by atoms with Crippen LogP contribution in [-0.4, -0.2) is 47.7 Å². The number of carbonyl (C=O) groups is 2. The highest BCUT2D eigenvalue weighted by Crippen LogP contribution is 2.38. The predicted octanol–water partition coefficient (Wildman–Crippen LogP) is 5.27. The lowest BCUT2D eigenvalue weighted by atomic mass is 9.74. The highest BCUT2D eigenvalue weighted by molar-refractivity contribution is 5.80. The van der Waals surface area contributed by atoms with Crippen molar-refractivity contribution in [2.75, 3.05) is 19.7 Å². The minimum Gasteiger partial charge on any atom is -0.394 e. The Morgan fingerprint density at radius 1 is 0.833 bits per heavy atom. The first kappa shape index (κ1) is 29.8. The van der Waals surface area contributed by atoms with Crippen molar-refractivity contribution >= 4 is 11.9 Å². The van der Waals surface area contributed by atoms with Gasteiger partial charge in [0, 0.05) is 25.0 Å². The van der Waals surface area contributed by atoms with Crippen LogP contribution in [0.1, 0.15) is 72.7 Å². The number of nitrogens with zero attached hydrogens (tertiary/aromatic N) is 1. The number of nitrogens with one attached hydrogen (secondary N) is 3. The van der Waals surface area contributed by atoms with Gasteiger partial charge in [-0.25, -0.2) is 4.79 Å². The number of amides is 3. The van der Waals surface area contributed by atoms with Gasteiger partial charge in [-0.1, -0.05) is 97.8 Å². The van der Waals surface area contributed by atoms with Crippen molar-refractivity contribution in [3.63, 3.8) is 0 Å². The molecule has 0 radical (unpaired) electrons. The summed E-state index contributed by atoms with van der Waals surface area (Å²) in [4.78, 5) is 28.9. The van der Waals surface area contributed by atoms with Crippen molar-refractivity contribution in [1.82, 2.24) is 20.9 Å². The molecular weight excluding hydrogens is 524 g/mol. The molecule has 3 aromatic rings. The maximum absolute atomic E-state index is 13.5. The number of benzene rings is 3. The SMILES string of the molecule is O=C(NC(CO)c1ccccc1)C1CCCCC1c1ccc(CN(C(=O)NCc2ccccc2)C2CCNCC2)cc1. The van der Waals surface area contributed by atoms with Gasteiger partial charge in [-0.2, -0.15) is 0 Å². The monoisotopic (exact) mass is 568 g/mol. The Hall–Kier alpha value is -3.68. The van der Waals surface area contributed by atoms with Crippen LogP contribution in [0.2, 0.25) is 0 Å². The summed E-state index contributed by atoms with van der Waals surface area (Å²) in [7, 11) is 0. The van der Waals surface area contributed by atoms with E-state index in [1.54, 1.807) is 0 Å². The highest BCUT2D eigenvalue weighted by atomic mass is 16.3. The minimum atomic E-state index is -0.405. The molecule has 42 heavy (non-hydrogen) atoms. The Balaban J connectivity index is 1.26. The number of rotatable bonds is 10. The average molecular weight is 569 g/mol. The molecule has 1 saturated carbocycles.